The molecule has 1 aliphatic rings. The molecule has 4 rings (SSSR count). The second-order valence-electron chi connectivity index (χ2n) is 6.32. The lowest BCUT2D eigenvalue weighted by Gasteiger charge is -2.26. The number of hydrogen-bond acceptors (Lipinski definition) is 4. The van der Waals surface area contributed by atoms with E-state index in [4.69, 9.17) is 9.47 Å². The topological polar surface area (TPSA) is 60.0 Å². The summed E-state index contributed by atoms with van der Waals surface area (Å²) in [5.41, 5.74) is 2.62. The third-order valence-corrected chi connectivity index (χ3v) is 4.61. The van der Waals surface area contributed by atoms with Crippen molar-refractivity contribution >= 4 is 23.3 Å². The van der Waals surface area contributed by atoms with Gasteiger partial charge in [0, 0.05) is 11.8 Å². The van der Waals surface area contributed by atoms with Crippen LogP contribution < -0.4 is 9.47 Å². The number of hydrogen-bond donors (Lipinski definition) is 1. The van der Waals surface area contributed by atoms with Gasteiger partial charge in [0.15, 0.2) is 17.1 Å². The minimum atomic E-state index is 0.670. The number of H-pyrrole nitrogens is 1. The first-order chi connectivity index (χ1) is 12.3. The van der Waals surface area contributed by atoms with Gasteiger partial charge in [0.1, 0.15) is 5.82 Å². The molecule has 2 aromatic heterocycles. The number of aromatic nitrogens is 3. The van der Waals surface area contributed by atoms with Crippen LogP contribution in [-0.2, 0) is 0 Å². The van der Waals surface area contributed by atoms with E-state index in [0.29, 0.717) is 11.6 Å². The summed E-state index contributed by atoms with van der Waals surface area (Å²) in [7, 11) is 1.67. The Kier molecular flexibility index (Phi) is 4.37. The summed E-state index contributed by atoms with van der Waals surface area (Å²) >= 11 is 0. The van der Waals surface area contributed by atoms with E-state index in [-0.39, 0.29) is 0 Å². The fourth-order valence-electron chi connectivity index (χ4n) is 2.95. The van der Waals surface area contributed by atoms with Crippen molar-refractivity contribution in [2.45, 2.75) is 19.3 Å². The number of para-hydroxylation sites is 1. The number of methoxy groups -OCH3 is 1. The van der Waals surface area contributed by atoms with Gasteiger partial charge in [-0.25, -0.2) is 9.97 Å². The largest absolute Gasteiger partial charge is 0.493 e. The number of nitrogens with zero attached hydrogens (tertiary/aromatic N) is 2. The van der Waals surface area contributed by atoms with Crippen LogP contribution in [0.3, 0.4) is 0 Å². The van der Waals surface area contributed by atoms with Crippen LogP contribution in [0.2, 0.25) is 0 Å². The van der Waals surface area contributed by atoms with Crippen LogP contribution in [0.1, 0.15) is 30.7 Å². The average molecular weight is 335 g/mol. The zero-order valence-electron chi connectivity index (χ0n) is 14.2. The molecule has 1 N–H and O–H groups in total. The van der Waals surface area contributed by atoms with Crippen LogP contribution in [0.15, 0.2) is 36.5 Å². The van der Waals surface area contributed by atoms with Gasteiger partial charge in [0.05, 0.1) is 19.2 Å². The maximum atomic E-state index is 6.09. The summed E-state index contributed by atoms with van der Waals surface area (Å²) in [5.74, 6) is 2.99. The minimum Gasteiger partial charge on any atom is -0.493 e. The summed E-state index contributed by atoms with van der Waals surface area (Å²) in [6.45, 7) is 0.746. The Bertz CT molecular complexity index is 864. The van der Waals surface area contributed by atoms with E-state index in [2.05, 4.69) is 15.0 Å². The Balaban J connectivity index is 1.59. The average Bonchev–Trinajstić information content (AvgIpc) is 3.02. The molecule has 1 aliphatic carbocycles. The molecule has 0 bridgehead atoms. The van der Waals surface area contributed by atoms with Gasteiger partial charge in [-0.05, 0) is 49.1 Å². The van der Waals surface area contributed by atoms with Crippen molar-refractivity contribution in [2.24, 2.45) is 5.92 Å². The number of ether oxygens (including phenoxy) is 2. The molecule has 5 nitrogen and oxygen atoms in total. The van der Waals surface area contributed by atoms with E-state index in [9.17, 15) is 0 Å². The predicted octanol–water partition coefficient (Wildman–Crippen LogP) is 4.32. The first-order valence-electron chi connectivity index (χ1n) is 8.62. The zero-order chi connectivity index (χ0) is 17.1. The molecule has 0 spiro atoms. The van der Waals surface area contributed by atoms with Gasteiger partial charge in [-0.1, -0.05) is 18.6 Å². The lowest BCUT2D eigenvalue weighted by atomic mass is 9.86. The second kappa shape index (κ2) is 6.97. The van der Waals surface area contributed by atoms with Crippen molar-refractivity contribution in [2.75, 3.05) is 13.7 Å². The molecule has 0 radical (unpaired) electrons. The molecule has 0 atom stereocenters. The van der Waals surface area contributed by atoms with E-state index < -0.39 is 0 Å². The second-order valence-corrected chi connectivity index (χ2v) is 6.32. The summed E-state index contributed by atoms with van der Waals surface area (Å²) in [4.78, 5) is 12.0. The van der Waals surface area contributed by atoms with Gasteiger partial charge in [-0.2, -0.15) is 0 Å². The molecule has 3 aromatic rings. The Morgan fingerprint density at radius 1 is 1.20 bits per heavy atom. The first-order valence-corrected chi connectivity index (χ1v) is 8.62. The number of benzene rings is 1. The molecule has 25 heavy (non-hydrogen) atoms. The Morgan fingerprint density at radius 2 is 2.12 bits per heavy atom. The van der Waals surface area contributed by atoms with Crippen LogP contribution in [0, 0.1) is 5.92 Å². The Morgan fingerprint density at radius 3 is 2.88 bits per heavy atom. The monoisotopic (exact) mass is 335 g/mol. The van der Waals surface area contributed by atoms with Crippen molar-refractivity contribution in [1.82, 2.24) is 15.0 Å². The van der Waals surface area contributed by atoms with Gasteiger partial charge in [0.25, 0.3) is 0 Å². The molecule has 1 aromatic carbocycles. The SMILES string of the molecule is COc1cccc(/C=C/c2nc3ncccc3[nH]2)c1OCC1CCC1. The molecule has 0 saturated heterocycles. The van der Waals surface area contributed by atoms with E-state index in [1.54, 1.807) is 13.3 Å². The van der Waals surface area contributed by atoms with Gasteiger partial charge in [0.2, 0.25) is 0 Å². The molecule has 0 amide bonds. The normalized spacial score (nSPS) is 14.8. The minimum absolute atomic E-state index is 0.670. The standard InChI is InChI=1S/C20H21N3O2/c1-24-17-9-3-7-15(19(17)25-13-14-5-2-6-14)10-11-18-22-16-8-4-12-21-20(16)23-18/h3-4,7-12,14H,2,5-6,13H2,1H3,(H,21,22,23)/b11-10+. The summed E-state index contributed by atoms with van der Waals surface area (Å²) in [6.07, 6.45) is 9.50. The van der Waals surface area contributed by atoms with E-state index in [1.807, 2.05) is 42.5 Å². The number of imidazole rings is 1. The molecular weight excluding hydrogens is 314 g/mol. The highest BCUT2D eigenvalue weighted by molar-refractivity contribution is 5.77. The number of nitrogens with one attached hydrogen (secondary N) is 1. The van der Waals surface area contributed by atoms with Crippen molar-refractivity contribution < 1.29 is 9.47 Å². The number of pyridine rings is 1. The zero-order valence-corrected chi connectivity index (χ0v) is 14.2. The van der Waals surface area contributed by atoms with Gasteiger partial charge in [-0.3, -0.25) is 0 Å². The maximum absolute atomic E-state index is 6.09. The van der Waals surface area contributed by atoms with Crippen LogP contribution in [0.5, 0.6) is 11.5 Å². The lowest BCUT2D eigenvalue weighted by Crippen LogP contribution is -2.19. The Hall–Kier alpha value is -2.82. The summed E-state index contributed by atoms with van der Waals surface area (Å²) in [5, 5.41) is 0. The first kappa shape index (κ1) is 15.7. The van der Waals surface area contributed by atoms with Crippen molar-refractivity contribution in [1.29, 1.82) is 0 Å². The van der Waals surface area contributed by atoms with Gasteiger partial charge >= 0.3 is 0 Å². The smallest absolute Gasteiger partial charge is 0.178 e. The third kappa shape index (κ3) is 3.36. The molecule has 0 aliphatic heterocycles. The maximum Gasteiger partial charge on any atom is 0.178 e. The molecule has 5 heteroatoms. The molecule has 2 heterocycles. The van der Waals surface area contributed by atoms with Crippen molar-refractivity contribution in [3.63, 3.8) is 0 Å². The number of rotatable bonds is 6. The quantitative estimate of drug-likeness (QED) is 0.729. The van der Waals surface area contributed by atoms with E-state index in [0.717, 1.165) is 35.0 Å². The van der Waals surface area contributed by atoms with E-state index >= 15 is 0 Å². The predicted molar refractivity (Wildman–Crippen MR) is 98.6 cm³/mol. The van der Waals surface area contributed by atoms with Crippen LogP contribution in [0.4, 0.5) is 0 Å². The van der Waals surface area contributed by atoms with Crippen molar-refractivity contribution in [3.8, 4) is 11.5 Å². The third-order valence-electron chi connectivity index (χ3n) is 4.61. The highest BCUT2D eigenvalue weighted by atomic mass is 16.5. The van der Waals surface area contributed by atoms with Crippen LogP contribution >= 0.6 is 0 Å². The fourth-order valence-corrected chi connectivity index (χ4v) is 2.95. The molecular formula is C20H21N3O2. The highest BCUT2D eigenvalue weighted by Crippen LogP contribution is 2.34. The fraction of sp³-hybridized carbons (Fsp3) is 0.300. The number of fused-ring (bicyclic) bond motifs is 1. The molecule has 1 fully saturated rings. The molecule has 1 saturated carbocycles. The van der Waals surface area contributed by atoms with Crippen molar-refractivity contribution in [3.05, 3.63) is 47.9 Å². The number of aromatic amines is 1. The lowest BCUT2D eigenvalue weighted by molar-refractivity contribution is 0.175. The Labute approximate surface area is 146 Å². The highest BCUT2D eigenvalue weighted by Gasteiger charge is 2.19. The van der Waals surface area contributed by atoms with Crippen LogP contribution in [0.25, 0.3) is 23.3 Å². The molecule has 128 valence electrons. The van der Waals surface area contributed by atoms with Crippen LogP contribution in [-0.4, -0.2) is 28.7 Å². The summed E-state index contributed by atoms with van der Waals surface area (Å²) < 4.78 is 11.6. The molecule has 0 unspecified atom stereocenters. The van der Waals surface area contributed by atoms with Gasteiger partial charge < -0.3 is 14.5 Å². The van der Waals surface area contributed by atoms with Gasteiger partial charge in [-0.15, -0.1) is 0 Å². The summed E-state index contributed by atoms with van der Waals surface area (Å²) in [6, 6.07) is 9.78. The van der Waals surface area contributed by atoms with E-state index in [1.165, 1.54) is 19.3 Å².